The van der Waals surface area contributed by atoms with Gasteiger partial charge in [-0.2, -0.15) is 5.10 Å². The summed E-state index contributed by atoms with van der Waals surface area (Å²) in [6.07, 6.45) is 2.54. The van der Waals surface area contributed by atoms with E-state index in [1.807, 2.05) is 12.1 Å². The zero-order valence-electron chi connectivity index (χ0n) is 11.4. The molecule has 1 aromatic heterocycles. The van der Waals surface area contributed by atoms with Crippen LogP contribution in [0.25, 0.3) is 0 Å². The Morgan fingerprint density at radius 2 is 2.15 bits per heavy atom. The van der Waals surface area contributed by atoms with Gasteiger partial charge in [0.25, 0.3) is 5.56 Å². The summed E-state index contributed by atoms with van der Waals surface area (Å²) < 4.78 is 5.16. The third kappa shape index (κ3) is 2.58. The molecule has 5 heteroatoms. The van der Waals surface area contributed by atoms with Crippen LogP contribution in [0.2, 0.25) is 0 Å². The number of hydrogen-bond donors (Lipinski definition) is 1. The van der Waals surface area contributed by atoms with Gasteiger partial charge in [-0.15, -0.1) is 0 Å². The van der Waals surface area contributed by atoms with Gasteiger partial charge < -0.3 is 4.74 Å². The third-order valence-corrected chi connectivity index (χ3v) is 3.69. The minimum atomic E-state index is -0.0494. The number of fused-ring (bicyclic) bond motifs is 1. The summed E-state index contributed by atoms with van der Waals surface area (Å²) in [6.45, 7) is 2.54. The minimum Gasteiger partial charge on any atom is -0.497 e. The van der Waals surface area contributed by atoms with Crippen molar-refractivity contribution in [2.45, 2.75) is 19.5 Å². The van der Waals surface area contributed by atoms with Gasteiger partial charge in [0.05, 0.1) is 13.3 Å². The van der Waals surface area contributed by atoms with Crippen LogP contribution < -0.4 is 10.3 Å². The molecule has 20 heavy (non-hydrogen) atoms. The smallest absolute Gasteiger partial charge is 0.267 e. The van der Waals surface area contributed by atoms with Crippen molar-refractivity contribution >= 4 is 0 Å². The number of rotatable bonds is 3. The largest absolute Gasteiger partial charge is 0.497 e. The van der Waals surface area contributed by atoms with Crippen molar-refractivity contribution in [3.63, 3.8) is 0 Å². The average molecular weight is 271 g/mol. The number of nitrogens with one attached hydrogen (secondary N) is 1. The van der Waals surface area contributed by atoms with E-state index in [4.69, 9.17) is 4.74 Å². The zero-order chi connectivity index (χ0) is 13.9. The third-order valence-electron chi connectivity index (χ3n) is 3.69. The van der Waals surface area contributed by atoms with E-state index in [0.29, 0.717) is 0 Å². The second-order valence-electron chi connectivity index (χ2n) is 5.01. The standard InChI is InChI=1S/C15H17N3O2/c1-20-13-4-2-11(3-5-13)9-18-7-6-14-12(10-18)8-16-17-15(14)19/h2-5,8H,6-7,9-10H2,1H3,(H,17,19). The maximum absolute atomic E-state index is 11.6. The highest BCUT2D eigenvalue weighted by molar-refractivity contribution is 5.28. The number of nitrogens with zero attached hydrogens (tertiary/aromatic N) is 2. The number of aromatic nitrogens is 2. The normalized spacial score (nSPS) is 14.8. The first-order valence-electron chi connectivity index (χ1n) is 6.67. The maximum Gasteiger partial charge on any atom is 0.267 e. The Morgan fingerprint density at radius 1 is 1.35 bits per heavy atom. The summed E-state index contributed by atoms with van der Waals surface area (Å²) >= 11 is 0. The molecule has 0 bridgehead atoms. The topological polar surface area (TPSA) is 58.2 Å². The number of aromatic amines is 1. The molecule has 5 nitrogen and oxygen atoms in total. The van der Waals surface area contributed by atoms with Crippen molar-refractivity contribution < 1.29 is 4.74 Å². The lowest BCUT2D eigenvalue weighted by atomic mass is 10.0. The van der Waals surface area contributed by atoms with Crippen LogP contribution in [0.3, 0.4) is 0 Å². The molecule has 0 spiro atoms. The van der Waals surface area contributed by atoms with Gasteiger partial charge in [0.15, 0.2) is 0 Å². The van der Waals surface area contributed by atoms with Crippen LogP contribution in [0.1, 0.15) is 16.7 Å². The lowest BCUT2D eigenvalue weighted by Crippen LogP contribution is -2.34. The second-order valence-corrected chi connectivity index (χ2v) is 5.01. The Hall–Kier alpha value is -2.14. The van der Waals surface area contributed by atoms with Gasteiger partial charge in [0.2, 0.25) is 0 Å². The van der Waals surface area contributed by atoms with E-state index >= 15 is 0 Å². The van der Waals surface area contributed by atoms with Gasteiger partial charge in [-0.25, -0.2) is 5.10 Å². The summed E-state index contributed by atoms with van der Waals surface area (Å²) in [4.78, 5) is 14.0. The monoisotopic (exact) mass is 271 g/mol. The van der Waals surface area contributed by atoms with E-state index in [-0.39, 0.29) is 5.56 Å². The van der Waals surface area contributed by atoms with Gasteiger partial charge in [-0.05, 0) is 29.7 Å². The molecule has 0 saturated heterocycles. The van der Waals surface area contributed by atoms with E-state index in [9.17, 15) is 4.79 Å². The molecule has 0 amide bonds. The first-order valence-corrected chi connectivity index (χ1v) is 6.67. The van der Waals surface area contributed by atoms with E-state index in [1.165, 1.54) is 5.56 Å². The van der Waals surface area contributed by atoms with E-state index < -0.39 is 0 Å². The molecule has 0 aliphatic carbocycles. The van der Waals surface area contributed by atoms with Crippen molar-refractivity contribution in [2.24, 2.45) is 0 Å². The van der Waals surface area contributed by atoms with Crippen molar-refractivity contribution in [1.29, 1.82) is 0 Å². The highest BCUT2D eigenvalue weighted by Crippen LogP contribution is 2.18. The lowest BCUT2D eigenvalue weighted by Gasteiger charge is -2.27. The molecule has 1 aliphatic heterocycles. The molecule has 0 unspecified atom stereocenters. The summed E-state index contributed by atoms with van der Waals surface area (Å²) in [6, 6.07) is 8.09. The van der Waals surface area contributed by atoms with Crippen LogP contribution in [-0.4, -0.2) is 28.8 Å². The highest BCUT2D eigenvalue weighted by Gasteiger charge is 2.18. The van der Waals surface area contributed by atoms with Crippen LogP contribution >= 0.6 is 0 Å². The lowest BCUT2D eigenvalue weighted by molar-refractivity contribution is 0.244. The van der Waals surface area contributed by atoms with Gasteiger partial charge in [0, 0.05) is 25.2 Å². The second kappa shape index (κ2) is 5.46. The van der Waals surface area contributed by atoms with Crippen molar-refractivity contribution in [3.05, 3.63) is 57.5 Å². The van der Waals surface area contributed by atoms with Crippen LogP contribution in [0.15, 0.2) is 35.3 Å². The molecule has 0 atom stereocenters. The van der Waals surface area contributed by atoms with Crippen LogP contribution in [0, 0.1) is 0 Å². The SMILES string of the molecule is COc1ccc(CN2CCc3c(cn[nH]c3=O)C2)cc1. The predicted octanol–water partition coefficient (Wildman–Crippen LogP) is 1.34. The van der Waals surface area contributed by atoms with Crippen LogP contribution in [0.5, 0.6) is 5.75 Å². The van der Waals surface area contributed by atoms with Crippen LogP contribution in [0.4, 0.5) is 0 Å². The molecular weight excluding hydrogens is 254 g/mol. The first-order chi connectivity index (χ1) is 9.76. The summed E-state index contributed by atoms with van der Waals surface area (Å²) in [5.41, 5.74) is 3.11. The molecule has 2 heterocycles. The van der Waals surface area contributed by atoms with E-state index in [2.05, 4.69) is 27.2 Å². The molecule has 1 N–H and O–H groups in total. The fourth-order valence-electron chi connectivity index (χ4n) is 2.58. The average Bonchev–Trinajstić information content (AvgIpc) is 2.48. The Morgan fingerprint density at radius 3 is 2.90 bits per heavy atom. The van der Waals surface area contributed by atoms with Gasteiger partial charge >= 0.3 is 0 Å². The summed E-state index contributed by atoms with van der Waals surface area (Å²) in [5.74, 6) is 0.869. The van der Waals surface area contributed by atoms with Crippen LogP contribution in [-0.2, 0) is 19.5 Å². The van der Waals surface area contributed by atoms with Crippen molar-refractivity contribution in [3.8, 4) is 5.75 Å². The molecule has 0 radical (unpaired) electrons. The fraction of sp³-hybridized carbons (Fsp3) is 0.333. The Bertz CT molecular complexity index is 649. The summed E-state index contributed by atoms with van der Waals surface area (Å²) in [7, 11) is 1.67. The number of H-pyrrole nitrogens is 1. The Kier molecular flexibility index (Phi) is 3.52. The van der Waals surface area contributed by atoms with Crippen molar-refractivity contribution in [1.82, 2.24) is 15.1 Å². The molecule has 0 saturated carbocycles. The molecular formula is C15H17N3O2. The Balaban J connectivity index is 1.72. The minimum absolute atomic E-state index is 0.0494. The van der Waals surface area contributed by atoms with E-state index in [0.717, 1.165) is 42.9 Å². The fourth-order valence-corrected chi connectivity index (χ4v) is 2.58. The molecule has 0 fully saturated rings. The molecule has 104 valence electrons. The van der Waals surface area contributed by atoms with E-state index in [1.54, 1.807) is 13.3 Å². The van der Waals surface area contributed by atoms with Gasteiger partial charge in [0.1, 0.15) is 5.75 Å². The number of benzene rings is 1. The summed E-state index contributed by atoms with van der Waals surface area (Å²) in [5, 5.41) is 6.38. The highest BCUT2D eigenvalue weighted by atomic mass is 16.5. The predicted molar refractivity (Wildman–Crippen MR) is 75.7 cm³/mol. The zero-order valence-corrected chi connectivity index (χ0v) is 11.4. The molecule has 1 aromatic carbocycles. The van der Waals surface area contributed by atoms with Gasteiger partial charge in [-0.3, -0.25) is 9.69 Å². The maximum atomic E-state index is 11.6. The number of methoxy groups -OCH3 is 1. The first kappa shape index (κ1) is 12.9. The van der Waals surface area contributed by atoms with Crippen molar-refractivity contribution in [2.75, 3.05) is 13.7 Å². The Labute approximate surface area is 117 Å². The molecule has 3 rings (SSSR count). The molecule has 2 aromatic rings. The quantitative estimate of drug-likeness (QED) is 0.915. The number of hydrogen-bond acceptors (Lipinski definition) is 4. The van der Waals surface area contributed by atoms with Gasteiger partial charge in [-0.1, -0.05) is 12.1 Å². The molecule has 1 aliphatic rings. The number of ether oxygens (including phenoxy) is 1.